The predicted octanol–water partition coefficient (Wildman–Crippen LogP) is 3.79. The number of benzene rings is 2. The van der Waals surface area contributed by atoms with Crippen LogP contribution >= 0.6 is 18.1 Å². The van der Waals surface area contributed by atoms with Gasteiger partial charge in [0.05, 0.1) is 7.11 Å². The average molecular weight is 354 g/mol. The average Bonchev–Trinajstić information content (AvgIpc) is 2.54. The molecule has 0 heterocycles. The number of hydrogen-bond donors (Lipinski definition) is 1. The molecule has 0 aliphatic heterocycles. The highest BCUT2D eigenvalue weighted by molar-refractivity contribution is 7.84. The number of esters is 1. The maximum Gasteiger partial charge on any atom is 0.409 e. The summed E-state index contributed by atoms with van der Waals surface area (Å²) in [5, 5.41) is 2.57. The summed E-state index contributed by atoms with van der Waals surface area (Å²) in [7, 11) is 1.26. The number of nitrogens with one attached hydrogen (secondary N) is 1. The van der Waals surface area contributed by atoms with Crippen molar-refractivity contribution in [1.29, 1.82) is 0 Å². The van der Waals surface area contributed by atoms with Gasteiger partial charge in [0.15, 0.2) is 0 Å². The molecular formula is C16H17ClNO4P. The first-order valence-electron chi connectivity index (χ1n) is 6.94. The summed E-state index contributed by atoms with van der Waals surface area (Å²) in [5.41, 5.74) is 0.881. The molecule has 0 aliphatic carbocycles. The highest BCUT2D eigenvalue weighted by Crippen LogP contribution is 2.48. The molecule has 2 rings (SSSR count). The van der Waals surface area contributed by atoms with Gasteiger partial charge >= 0.3 is 12.8 Å². The molecule has 2 aromatic carbocycles. The quantitative estimate of drug-likeness (QED) is 0.606. The second kappa shape index (κ2) is 8.16. The zero-order chi connectivity index (χ0) is 16.7. The number of carbonyl (C=O) groups is 1. The van der Waals surface area contributed by atoms with Crippen molar-refractivity contribution in [3.63, 3.8) is 0 Å². The molecule has 0 aromatic heterocycles. The van der Waals surface area contributed by atoms with Gasteiger partial charge in [-0.2, -0.15) is 0 Å². The molecule has 1 N–H and O–H groups in total. The van der Waals surface area contributed by atoms with E-state index in [4.69, 9.17) is 20.5 Å². The first kappa shape index (κ1) is 17.5. The lowest BCUT2D eigenvalue weighted by Gasteiger charge is -2.20. The number of carbonyl (C=O) groups excluding carboxylic acids is 1. The van der Waals surface area contributed by atoms with E-state index >= 15 is 0 Å². The van der Waals surface area contributed by atoms with E-state index in [-0.39, 0.29) is 6.42 Å². The van der Waals surface area contributed by atoms with Crippen LogP contribution in [0.2, 0.25) is 0 Å². The number of rotatable bonds is 7. The van der Waals surface area contributed by atoms with Gasteiger partial charge in [-0.1, -0.05) is 48.5 Å². The molecule has 2 atom stereocenters. The van der Waals surface area contributed by atoms with Crippen LogP contribution < -0.4 is 9.61 Å². The molecule has 0 saturated carbocycles. The van der Waals surface area contributed by atoms with Crippen molar-refractivity contribution in [2.45, 2.75) is 12.5 Å². The molecule has 0 saturated heterocycles. The highest BCUT2D eigenvalue weighted by atomic mass is 35.7. The number of para-hydroxylation sites is 1. The van der Waals surface area contributed by atoms with Crippen LogP contribution in [0.1, 0.15) is 5.56 Å². The van der Waals surface area contributed by atoms with E-state index in [0.29, 0.717) is 5.75 Å². The largest absolute Gasteiger partial charge is 0.468 e. The van der Waals surface area contributed by atoms with E-state index in [9.17, 15) is 9.36 Å². The van der Waals surface area contributed by atoms with E-state index < -0.39 is 18.9 Å². The summed E-state index contributed by atoms with van der Waals surface area (Å²) in [4.78, 5) is 11.9. The third-order valence-corrected chi connectivity index (χ3v) is 4.61. The third kappa shape index (κ3) is 5.71. The third-order valence-electron chi connectivity index (χ3n) is 3.04. The Morgan fingerprint density at radius 2 is 1.70 bits per heavy atom. The lowest BCUT2D eigenvalue weighted by molar-refractivity contribution is -0.142. The van der Waals surface area contributed by atoms with Gasteiger partial charge in [0.25, 0.3) is 0 Å². The molecule has 0 fully saturated rings. The summed E-state index contributed by atoms with van der Waals surface area (Å²) in [5.74, 6) is -0.215. The first-order valence-corrected chi connectivity index (χ1v) is 9.47. The van der Waals surface area contributed by atoms with Gasteiger partial charge in [0, 0.05) is 11.2 Å². The lowest BCUT2D eigenvalue weighted by atomic mass is 10.1. The molecule has 0 spiro atoms. The molecule has 0 unspecified atom stereocenters. The molecule has 0 amide bonds. The Kier molecular flexibility index (Phi) is 6.22. The summed E-state index contributed by atoms with van der Waals surface area (Å²) in [6.07, 6.45) is 0.280. The van der Waals surface area contributed by atoms with Crippen molar-refractivity contribution < 1.29 is 18.6 Å². The van der Waals surface area contributed by atoms with Crippen LogP contribution in [0, 0.1) is 0 Å². The van der Waals surface area contributed by atoms with E-state index in [1.165, 1.54) is 7.11 Å². The zero-order valence-corrected chi connectivity index (χ0v) is 14.2. The second-order valence-corrected chi connectivity index (χ2v) is 7.51. The van der Waals surface area contributed by atoms with E-state index in [0.717, 1.165) is 5.56 Å². The predicted molar refractivity (Wildman–Crippen MR) is 89.6 cm³/mol. The van der Waals surface area contributed by atoms with Gasteiger partial charge < -0.3 is 9.26 Å². The van der Waals surface area contributed by atoms with Crippen molar-refractivity contribution in [3.8, 4) is 5.75 Å². The summed E-state index contributed by atoms with van der Waals surface area (Å²) in [6.45, 7) is -3.75. The number of methoxy groups -OCH3 is 1. The van der Waals surface area contributed by atoms with Gasteiger partial charge in [0.2, 0.25) is 0 Å². The smallest absolute Gasteiger partial charge is 0.409 e. The standard InChI is InChI=1S/C16H17ClNO4P/c1-21-16(19)15(12-13-8-4-2-5-9-13)18-23(17,20)22-14-10-6-3-7-11-14/h2-11,15H,12H2,1H3,(H,18,20)/t15-,23+/m0/s1. The molecule has 0 bridgehead atoms. The maximum atomic E-state index is 12.4. The molecule has 0 aliphatic rings. The van der Waals surface area contributed by atoms with Crippen LogP contribution in [0.15, 0.2) is 60.7 Å². The lowest BCUT2D eigenvalue weighted by Crippen LogP contribution is -2.37. The van der Waals surface area contributed by atoms with Gasteiger partial charge in [-0.25, -0.2) is 9.65 Å². The number of hydrogen-bond acceptors (Lipinski definition) is 4. The molecule has 2 aromatic rings. The Bertz CT molecular complexity index is 681. The molecular weight excluding hydrogens is 337 g/mol. The maximum absolute atomic E-state index is 12.4. The fourth-order valence-electron chi connectivity index (χ4n) is 2.00. The Labute approximate surface area is 139 Å². The number of halogens is 1. The van der Waals surface area contributed by atoms with E-state index in [2.05, 4.69) is 5.09 Å². The van der Waals surface area contributed by atoms with E-state index in [1.54, 1.807) is 30.3 Å². The number of ether oxygens (including phenoxy) is 1. The molecule has 23 heavy (non-hydrogen) atoms. The van der Waals surface area contributed by atoms with Crippen LogP contribution in [0.4, 0.5) is 0 Å². The van der Waals surface area contributed by atoms with Crippen molar-refractivity contribution in [2.75, 3.05) is 7.11 Å². The second-order valence-electron chi connectivity index (χ2n) is 4.78. The van der Waals surface area contributed by atoms with Crippen LogP contribution in [0.25, 0.3) is 0 Å². The minimum absolute atomic E-state index is 0.280. The van der Waals surface area contributed by atoms with Gasteiger partial charge in [0.1, 0.15) is 11.8 Å². The first-order chi connectivity index (χ1) is 11.0. The molecule has 122 valence electrons. The Morgan fingerprint density at radius 1 is 1.13 bits per heavy atom. The van der Waals surface area contributed by atoms with Crippen molar-refractivity contribution in [3.05, 3.63) is 66.2 Å². The minimum Gasteiger partial charge on any atom is -0.468 e. The molecule has 7 heteroatoms. The van der Waals surface area contributed by atoms with Gasteiger partial charge in [-0.05, 0) is 24.1 Å². The summed E-state index contributed by atoms with van der Waals surface area (Å²) in [6, 6.07) is 16.9. The van der Waals surface area contributed by atoms with Crippen LogP contribution in [0.5, 0.6) is 5.75 Å². The van der Waals surface area contributed by atoms with Gasteiger partial charge in [-0.3, -0.25) is 4.79 Å². The fraction of sp³-hybridized carbons (Fsp3) is 0.188. The van der Waals surface area contributed by atoms with Crippen LogP contribution in [-0.2, 0) is 20.5 Å². The van der Waals surface area contributed by atoms with E-state index in [1.807, 2.05) is 30.3 Å². The Balaban J connectivity index is 2.10. The van der Waals surface area contributed by atoms with Crippen molar-refractivity contribution in [2.24, 2.45) is 0 Å². The zero-order valence-electron chi connectivity index (χ0n) is 12.5. The summed E-state index contributed by atoms with van der Waals surface area (Å²) < 4.78 is 22.4. The SMILES string of the molecule is COC(=O)[C@H](Cc1ccccc1)N[P@@](=O)(Cl)Oc1ccccc1. The van der Waals surface area contributed by atoms with Crippen molar-refractivity contribution in [1.82, 2.24) is 5.09 Å². The molecule has 0 radical (unpaired) electrons. The Morgan fingerprint density at radius 3 is 2.26 bits per heavy atom. The molecule has 5 nitrogen and oxygen atoms in total. The Hall–Kier alpha value is -1.81. The van der Waals surface area contributed by atoms with Crippen LogP contribution in [-0.4, -0.2) is 19.1 Å². The van der Waals surface area contributed by atoms with Gasteiger partial charge in [-0.15, -0.1) is 0 Å². The fourth-order valence-corrected chi connectivity index (χ4v) is 3.61. The normalized spacial score (nSPS) is 14.5. The minimum atomic E-state index is -3.75. The van der Waals surface area contributed by atoms with Crippen LogP contribution in [0.3, 0.4) is 0 Å². The highest BCUT2D eigenvalue weighted by Gasteiger charge is 2.30. The topological polar surface area (TPSA) is 64.6 Å². The van der Waals surface area contributed by atoms with Crippen molar-refractivity contribution >= 4 is 24.1 Å². The monoisotopic (exact) mass is 353 g/mol. The summed E-state index contributed by atoms with van der Waals surface area (Å²) >= 11 is 5.95.